The van der Waals surface area contributed by atoms with Gasteiger partial charge >= 0.3 is 0 Å². The van der Waals surface area contributed by atoms with Gasteiger partial charge in [0.1, 0.15) is 10.1 Å². The zero-order valence-corrected chi connectivity index (χ0v) is 11.8. The van der Waals surface area contributed by atoms with E-state index in [-0.39, 0.29) is 0 Å². The van der Waals surface area contributed by atoms with Crippen LogP contribution in [0.3, 0.4) is 0 Å². The second-order valence-corrected chi connectivity index (χ2v) is 11.0. The van der Waals surface area contributed by atoms with Gasteiger partial charge in [-0.05, 0) is 25.7 Å². The second kappa shape index (κ2) is 5.10. The van der Waals surface area contributed by atoms with Crippen molar-refractivity contribution in [3.8, 4) is 11.5 Å². The molecule has 1 rings (SSSR count). The van der Waals surface area contributed by atoms with Gasteiger partial charge in [0, 0.05) is 0 Å². The van der Waals surface area contributed by atoms with Crippen LogP contribution in [-0.4, -0.2) is 23.2 Å². The maximum atomic E-state index is 10.2. The van der Waals surface area contributed by atoms with Gasteiger partial charge in [-0.25, -0.2) is 0 Å². The minimum absolute atomic E-state index is 0.391. The smallest absolute Gasteiger partial charge is 0.168 e. The van der Waals surface area contributed by atoms with Crippen molar-refractivity contribution in [1.29, 1.82) is 0 Å². The molecular formula is C11H18Cl2OSi. The van der Waals surface area contributed by atoms with Crippen LogP contribution in [0.4, 0.5) is 0 Å². The van der Waals surface area contributed by atoms with Crippen LogP contribution in [0.15, 0.2) is 0 Å². The fraction of sp³-hybridized carbons (Fsp3) is 0.818. The van der Waals surface area contributed by atoms with Crippen molar-refractivity contribution in [2.75, 3.05) is 0 Å². The summed E-state index contributed by atoms with van der Waals surface area (Å²) in [5, 5.41) is 10.2. The number of rotatable bonds is 1. The van der Waals surface area contributed by atoms with Crippen LogP contribution in [0.2, 0.25) is 13.1 Å². The fourth-order valence-corrected chi connectivity index (χ4v) is 2.58. The third kappa shape index (κ3) is 3.99. The Balaban J connectivity index is 2.70. The molecule has 0 aliphatic heterocycles. The summed E-state index contributed by atoms with van der Waals surface area (Å²) in [5.74, 6) is 3.02. The van der Waals surface area contributed by atoms with Gasteiger partial charge in [-0.3, -0.25) is 0 Å². The Labute approximate surface area is 103 Å². The number of hydrogen-bond donors (Lipinski definition) is 1. The van der Waals surface area contributed by atoms with E-state index in [4.69, 9.17) is 23.2 Å². The molecule has 0 aromatic carbocycles. The topological polar surface area (TPSA) is 20.2 Å². The van der Waals surface area contributed by atoms with Crippen LogP contribution in [0.1, 0.15) is 32.1 Å². The number of halogens is 2. The predicted molar refractivity (Wildman–Crippen MR) is 68.8 cm³/mol. The predicted octanol–water partition coefficient (Wildman–Crippen LogP) is 3.28. The van der Waals surface area contributed by atoms with E-state index in [9.17, 15) is 5.11 Å². The molecule has 0 bridgehead atoms. The third-order valence-corrected chi connectivity index (χ3v) is 7.98. The van der Waals surface area contributed by atoms with Gasteiger partial charge in [0.2, 0.25) is 0 Å². The lowest BCUT2D eigenvalue weighted by Crippen LogP contribution is -2.35. The summed E-state index contributed by atoms with van der Waals surface area (Å²) in [4.78, 5) is 0. The van der Waals surface area contributed by atoms with Gasteiger partial charge in [0.05, 0.1) is 0 Å². The van der Waals surface area contributed by atoms with E-state index in [1.165, 1.54) is 6.42 Å². The molecule has 1 saturated carbocycles. The highest BCUT2D eigenvalue weighted by Crippen LogP contribution is 2.27. The Morgan fingerprint density at radius 3 is 2.20 bits per heavy atom. The maximum Gasteiger partial charge on any atom is 0.168 e. The van der Waals surface area contributed by atoms with Gasteiger partial charge in [0.25, 0.3) is 0 Å². The molecule has 0 amide bonds. The first-order valence-corrected chi connectivity index (χ1v) is 9.36. The number of hydrogen-bond acceptors (Lipinski definition) is 1. The van der Waals surface area contributed by atoms with Gasteiger partial charge in [-0.15, -0.1) is 28.7 Å². The minimum atomic E-state index is -1.90. The van der Waals surface area contributed by atoms with Crippen molar-refractivity contribution < 1.29 is 5.11 Å². The van der Waals surface area contributed by atoms with E-state index in [0.717, 1.165) is 25.7 Å². The molecule has 0 spiro atoms. The lowest BCUT2D eigenvalue weighted by molar-refractivity contribution is 0.0611. The van der Waals surface area contributed by atoms with Crippen molar-refractivity contribution in [1.82, 2.24) is 0 Å². The minimum Gasteiger partial charge on any atom is -0.378 e. The van der Waals surface area contributed by atoms with Crippen LogP contribution in [0.5, 0.6) is 0 Å². The highest BCUT2D eigenvalue weighted by Gasteiger charge is 2.30. The monoisotopic (exact) mass is 264 g/mol. The molecule has 0 radical (unpaired) electrons. The maximum absolute atomic E-state index is 10.2. The highest BCUT2D eigenvalue weighted by atomic mass is 35.5. The summed E-state index contributed by atoms with van der Waals surface area (Å²) < 4.78 is -0.391. The number of aliphatic hydroxyl groups is 1. The molecule has 1 N–H and O–H groups in total. The summed E-state index contributed by atoms with van der Waals surface area (Å²) in [6, 6.07) is 0. The molecule has 1 aliphatic carbocycles. The molecule has 4 heteroatoms. The first kappa shape index (κ1) is 13.4. The molecule has 0 aromatic heterocycles. The van der Waals surface area contributed by atoms with E-state index < -0.39 is 18.1 Å². The molecule has 86 valence electrons. The SMILES string of the molecule is C[Si](C)(C#CC1(O)CCCCC1)C(Cl)Cl. The quantitative estimate of drug-likeness (QED) is 0.438. The fourth-order valence-electron chi connectivity index (χ4n) is 1.59. The molecule has 0 atom stereocenters. The Morgan fingerprint density at radius 2 is 1.73 bits per heavy atom. The summed E-state index contributed by atoms with van der Waals surface area (Å²) in [6.07, 6.45) is 4.93. The second-order valence-electron chi connectivity index (χ2n) is 4.86. The zero-order valence-electron chi connectivity index (χ0n) is 9.32. The molecule has 1 aliphatic rings. The molecular weight excluding hydrogens is 247 g/mol. The van der Waals surface area contributed by atoms with Crippen molar-refractivity contribution in [3.63, 3.8) is 0 Å². The number of alkyl halides is 2. The van der Waals surface area contributed by atoms with E-state index in [0.29, 0.717) is 0 Å². The third-order valence-electron chi connectivity index (χ3n) is 2.84. The van der Waals surface area contributed by atoms with Crippen molar-refractivity contribution in [2.45, 2.75) is 55.3 Å². The van der Waals surface area contributed by atoms with Gasteiger partial charge in [-0.1, -0.05) is 25.4 Å². The van der Waals surface area contributed by atoms with Crippen molar-refractivity contribution in [2.24, 2.45) is 0 Å². The highest BCUT2D eigenvalue weighted by molar-refractivity contribution is 6.97. The van der Waals surface area contributed by atoms with E-state index in [1.807, 2.05) is 13.1 Å². The summed E-state index contributed by atoms with van der Waals surface area (Å²) >= 11 is 11.8. The first-order valence-electron chi connectivity index (χ1n) is 5.41. The zero-order chi connectivity index (χ0) is 11.5. The van der Waals surface area contributed by atoms with Crippen LogP contribution in [0, 0.1) is 11.5 Å². The van der Waals surface area contributed by atoms with Crippen LogP contribution >= 0.6 is 23.2 Å². The van der Waals surface area contributed by atoms with Gasteiger partial charge in [0.15, 0.2) is 8.07 Å². The Bertz CT molecular complexity index is 272. The van der Waals surface area contributed by atoms with E-state index >= 15 is 0 Å². The lowest BCUT2D eigenvalue weighted by Gasteiger charge is -2.27. The van der Waals surface area contributed by atoms with Crippen molar-refractivity contribution >= 4 is 31.3 Å². The Hall–Kier alpha value is 0.317. The van der Waals surface area contributed by atoms with E-state index in [1.54, 1.807) is 0 Å². The van der Waals surface area contributed by atoms with Crippen LogP contribution < -0.4 is 0 Å². The molecule has 1 fully saturated rings. The summed E-state index contributed by atoms with van der Waals surface area (Å²) in [6.45, 7) is 4.05. The first-order chi connectivity index (χ1) is 6.86. The molecule has 0 saturated heterocycles. The van der Waals surface area contributed by atoms with Crippen LogP contribution in [-0.2, 0) is 0 Å². The largest absolute Gasteiger partial charge is 0.378 e. The standard InChI is InChI=1S/C11H18Cl2OSi/c1-15(2,10(12)13)9-8-11(14)6-4-3-5-7-11/h10,14H,3-7H2,1-2H3. The molecule has 0 heterocycles. The van der Waals surface area contributed by atoms with Crippen molar-refractivity contribution in [3.05, 3.63) is 0 Å². The summed E-state index contributed by atoms with van der Waals surface area (Å²) in [5.41, 5.74) is 2.37. The van der Waals surface area contributed by atoms with Gasteiger partial charge in [-0.2, -0.15) is 0 Å². The lowest BCUT2D eigenvalue weighted by atomic mass is 9.86. The van der Waals surface area contributed by atoms with Crippen LogP contribution in [0.25, 0.3) is 0 Å². The Kier molecular flexibility index (Phi) is 4.55. The Morgan fingerprint density at radius 1 is 1.20 bits per heavy atom. The van der Waals surface area contributed by atoms with Gasteiger partial charge < -0.3 is 5.11 Å². The normalized spacial score (nSPS) is 20.9. The average molecular weight is 265 g/mol. The molecule has 15 heavy (non-hydrogen) atoms. The molecule has 1 nitrogen and oxygen atoms in total. The molecule has 0 unspecified atom stereocenters. The van der Waals surface area contributed by atoms with E-state index in [2.05, 4.69) is 11.5 Å². The average Bonchev–Trinajstić information content (AvgIpc) is 2.16. The molecule has 0 aromatic rings. The summed E-state index contributed by atoms with van der Waals surface area (Å²) in [7, 11) is -1.90.